The largest absolute Gasteiger partial charge is 0.396 e. The maximum Gasteiger partial charge on any atom is 0.225 e. The normalized spacial score (nSPS) is 15.9. The highest BCUT2D eigenvalue weighted by atomic mass is 35.5. The second-order valence-electron chi connectivity index (χ2n) is 4.75. The van der Waals surface area contributed by atoms with Gasteiger partial charge >= 0.3 is 0 Å². The lowest BCUT2D eigenvalue weighted by Gasteiger charge is -2.33. The maximum atomic E-state index is 11.7. The van der Waals surface area contributed by atoms with Gasteiger partial charge in [0.1, 0.15) is 0 Å². The van der Waals surface area contributed by atoms with Crippen LogP contribution in [0.5, 0.6) is 0 Å². The summed E-state index contributed by atoms with van der Waals surface area (Å²) in [6.07, 6.45) is 2.75. The van der Waals surface area contributed by atoms with E-state index in [-0.39, 0.29) is 36.3 Å². The van der Waals surface area contributed by atoms with Gasteiger partial charge in [-0.15, -0.1) is 12.4 Å². The molecule has 0 aromatic heterocycles. The second-order valence-corrected chi connectivity index (χ2v) is 4.75. The Hall–Kier alpha value is -0.320. The Balaban J connectivity index is 0.00000256. The molecule has 1 aliphatic rings. The van der Waals surface area contributed by atoms with Crippen molar-refractivity contribution in [1.82, 2.24) is 10.6 Å². The van der Waals surface area contributed by atoms with Crippen LogP contribution < -0.4 is 10.6 Å². The number of carbonyl (C=O) groups excluding carboxylic acids is 1. The fraction of sp³-hybridized carbons (Fsp3) is 0.917. The van der Waals surface area contributed by atoms with Gasteiger partial charge in [-0.1, -0.05) is 13.8 Å². The molecule has 0 bridgehead atoms. The molecule has 0 unspecified atom stereocenters. The molecule has 3 N–H and O–H groups in total. The van der Waals surface area contributed by atoms with E-state index in [2.05, 4.69) is 24.5 Å². The van der Waals surface area contributed by atoms with Gasteiger partial charge in [-0.2, -0.15) is 0 Å². The fourth-order valence-electron chi connectivity index (χ4n) is 2.07. The van der Waals surface area contributed by atoms with E-state index < -0.39 is 0 Å². The first-order valence-corrected chi connectivity index (χ1v) is 6.26. The Morgan fingerprint density at radius 2 is 2.00 bits per heavy atom. The fourth-order valence-corrected chi connectivity index (χ4v) is 2.07. The first kappa shape index (κ1) is 16.7. The van der Waals surface area contributed by atoms with Gasteiger partial charge in [0.25, 0.3) is 0 Å². The predicted octanol–water partition coefficient (Wildman–Crippen LogP) is 0.933. The Kier molecular flexibility index (Phi) is 7.75. The zero-order valence-corrected chi connectivity index (χ0v) is 11.6. The van der Waals surface area contributed by atoms with Gasteiger partial charge in [0.05, 0.1) is 5.92 Å². The minimum absolute atomic E-state index is 0. The van der Waals surface area contributed by atoms with Crippen LogP contribution in [-0.4, -0.2) is 37.3 Å². The Morgan fingerprint density at radius 1 is 1.41 bits per heavy atom. The second kappa shape index (κ2) is 7.90. The van der Waals surface area contributed by atoms with Crippen molar-refractivity contribution in [3.8, 4) is 0 Å². The molecule has 4 nitrogen and oxygen atoms in total. The number of hydrogen-bond acceptors (Lipinski definition) is 3. The molecule has 0 atom stereocenters. The van der Waals surface area contributed by atoms with Gasteiger partial charge in [0.2, 0.25) is 5.91 Å². The number of carbonyl (C=O) groups is 1. The summed E-state index contributed by atoms with van der Waals surface area (Å²) in [6, 6.07) is 0. The molecule has 1 rings (SSSR count). The summed E-state index contributed by atoms with van der Waals surface area (Å²) < 4.78 is 0. The van der Waals surface area contributed by atoms with E-state index in [0.29, 0.717) is 6.54 Å². The molecule has 102 valence electrons. The molecule has 0 aliphatic carbocycles. The van der Waals surface area contributed by atoms with Gasteiger partial charge in [0.15, 0.2) is 0 Å². The topological polar surface area (TPSA) is 61.4 Å². The lowest BCUT2D eigenvalue weighted by molar-refractivity contribution is -0.127. The van der Waals surface area contributed by atoms with Crippen molar-refractivity contribution in [3.63, 3.8) is 0 Å². The Labute approximate surface area is 110 Å². The molecule has 0 spiro atoms. The Bertz CT molecular complexity index is 229. The van der Waals surface area contributed by atoms with Gasteiger partial charge in [-0.05, 0) is 24.7 Å². The number of hydrogen-bond donors (Lipinski definition) is 3. The smallest absolute Gasteiger partial charge is 0.225 e. The third-order valence-electron chi connectivity index (χ3n) is 3.93. The number of aliphatic hydroxyl groups excluding tert-OH is 1. The number of halogens is 1. The van der Waals surface area contributed by atoms with Gasteiger partial charge in [0, 0.05) is 26.2 Å². The number of nitrogens with one attached hydrogen (secondary N) is 2. The number of aliphatic hydroxyl groups is 1. The average Bonchev–Trinajstić information content (AvgIpc) is 2.22. The summed E-state index contributed by atoms with van der Waals surface area (Å²) >= 11 is 0. The van der Waals surface area contributed by atoms with Crippen LogP contribution in [0.15, 0.2) is 0 Å². The molecule has 5 heteroatoms. The molecule has 0 aromatic carbocycles. The Morgan fingerprint density at radius 3 is 2.35 bits per heavy atom. The quantitative estimate of drug-likeness (QED) is 0.641. The highest BCUT2D eigenvalue weighted by Gasteiger charge is 2.29. The highest BCUT2D eigenvalue weighted by Crippen LogP contribution is 2.29. The van der Waals surface area contributed by atoms with Crippen LogP contribution in [0.1, 0.15) is 33.1 Å². The summed E-state index contributed by atoms with van der Waals surface area (Å²) in [7, 11) is 0. The summed E-state index contributed by atoms with van der Waals surface area (Å²) in [5.41, 5.74) is 0.0710. The van der Waals surface area contributed by atoms with E-state index in [1.54, 1.807) is 0 Å². The van der Waals surface area contributed by atoms with Crippen LogP contribution in [0.4, 0.5) is 0 Å². The van der Waals surface area contributed by atoms with E-state index in [9.17, 15) is 4.79 Å². The molecule has 1 heterocycles. The minimum atomic E-state index is 0. The van der Waals surface area contributed by atoms with Crippen LogP contribution in [0, 0.1) is 11.3 Å². The summed E-state index contributed by atoms with van der Waals surface area (Å²) in [5, 5.41) is 15.2. The van der Waals surface area contributed by atoms with Crippen molar-refractivity contribution in [1.29, 1.82) is 0 Å². The van der Waals surface area contributed by atoms with Crippen LogP contribution in [0.3, 0.4) is 0 Å². The van der Waals surface area contributed by atoms with Gasteiger partial charge in [-0.25, -0.2) is 0 Å². The lowest BCUT2D eigenvalue weighted by atomic mass is 9.79. The third-order valence-corrected chi connectivity index (χ3v) is 3.93. The first-order chi connectivity index (χ1) is 7.67. The molecule has 0 radical (unpaired) electrons. The molecule has 0 saturated carbocycles. The monoisotopic (exact) mass is 264 g/mol. The van der Waals surface area contributed by atoms with Crippen molar-refractivity contribution >= 4 is 18.3 Å². The lowest BCUT2D eigenvalue weighted by Crippen LogP contribution is -2.52. The van der Waals surface area contributed by atoms with Crippen LogP contribution in [0.2, 0.25) is 0 Å². The highest BCUT2D eigenvalue weighted by molar-refractivity contribution is 5.85. The zero-order valence-electron chi connectivity index (χ0n) is 10.8. The van der Waals surface area contributed by atoms with Crippen molar-refractivity contribution in [2.75, 3.05) is 26.2 Å². The minimum Gasteiger partial charge on any atom is -0.396 e. The van der Waals surface area contributed by atoms with E-state index in [1.807, 2.05) is 0 Å². The molecule has 1 amide bonds. The summed E-state index contributed by atoms with van der Waals surface area (Å²) in [6.45, 7) is 6.74. The van der Waals surface area contributed by atoms with Crippen molar-refractivity contribution in [3.05, 3.63) is 0 Å². The van der Waals surface area contributed by atoms with Crippen LogP contribution in [-0.2, 0) is 4.79 Å². The standard InChI is InChI=1S/C12H24N2O2.ClH/c1-3-12(4-2,5-6-15)9-14-11(16)10-7-13-8-10;/h10,13,15H,3-9H2,1-2H3,(H,14,16);1H. The molecule has 17 heavy (non-hydrogen) atoms. The van der Waals surface area contributed by atoms with Crippen molar-refractivity contribution in [2.24, 2.45) is 11.3 Å². The molecular weight excluding hydrogens is 240 g/mol. The molecule has 1 saturated heterocycles. The van der Waals surface area contributed by atoms with Crippen LogP contribution in [0.25, 0.3) is 0 Å². The van der Waals surface area contributed by atoms with Gasteiger partial charge in [-0.3, -0.25) is 4.79 Å². The number of rotatable bonds is 7. The third kappa shape index (κ3) is 4.45. The molecule has 1 aliphatic heterocycles. The van der Waals surface area contributed by atoms with Gasteiger partial charge < -0.3 is 15.7 Å². The summed E-state index contributed by atoms with van der Waals surface area (Å²) in [5.74, 6) is 0.309. The van der Waals surface area contributed by atoms with Crippen molar-refractivity contribution in [2.45, 2.75) is 33.1 Å². The first-order valence-electron chi connectivity index (χ1n) is 6.26. The van der Waals surface area contributed by atoms with Crippen LogP contribution >= 0.6 is 12.4 Å². The number of amides is 1. The van der Waals surface area contributed by atoms with E-state index in [0.717, 1.165) is 32.4 Å². The van der Waals surface area contributed by atoms with E-state index in [4.69, 9.17) is 5.11 Å². The van der Waals surface area contributed by atoms with Crippen molar-refractivity contribution < 1.29 is 9.90 Å². The SMILES string of the molecule is CCC(CC)(CCO)CNC(=O)C1CNC1.Cl. The molecule has 1 fully saturated rings. The van der Waals surface area contributed by atoms with E-state index in [1.165, 1.54) is 0 Å². The van der Waals surface area contributed by atoms with E-state index >= 15 is 0 Å². The average molecular weight is 265 g/mol. The maximum absolute atomic E-state index is 11.7. The predicted molar refractivity (Wildman–Crippen MR) is 71.3 cm³/mol. The molecule has 0 aromatic rings. The zero-order chi connectivity index (χ0) is 12.0. The molecular formula is C12H25ClN2O2. The summed E-state index contributed by atoms with van der Waals surface area (Å²) in [4.78, 5) is 11.7.